The number of fused-ring (bicyclic) bond motifs is 3. The van der Waals surface area contributed by atoms with Crippen LogP contribution in [0.1, 0.15) is 22.9 Å². The van der Waals surface area contributed by atoms with E-state index in [-0.39, 0.29) is 18.4 Å². The molecule has 1 aliphatic heterocycles. The second-order valence-corrected chi connectivity index (χ2v) is 5.69. The fraction of sp³-hybridized carbons (Fsp3) is 0.176. The molecule has 4 rings (SSSR count). The Morgan fingerprint density at radius 1 is 1.00 bits per heavy atom. The lowest BCUT2D eigenvalue weighted by Gasteiger charge is -2.24. The van der Waals surface area contributed by atoms with Crippen molar-refractivity contribution in [3.05, 3.63) is 70.4 Å². The zero-order valence-corrected chi connectivity index (χ0v) is 13.0. The molecule has 1 aromatic heterocycles. The van der Waals surface area contributed by atoms with E-state index in [4.69, 9.17) is 11.6 Å². The van der Waals surface area contributed by atoms with E-state index in [2.05, 4.69) is 46.7 Å². The predicted octanol–water partition coefficient (Wildman–Crippen LogP) is 4.48. The van der Waals surface area contributed by atoms with Crippen LogP contribution in [-0.4, -0.2) is 11.5 Å². The van der Waals surface area contributed by atoms with E-state index in [1.165, 1.54) is 27.7 Å². The number of nitrogens with one attached hydrogen (secondary N) is 2. The molecule has 0 amide bonds. The Kier molecular flexibility index (Phi) is 3.94. The van der Waals surface area contributed by atoms with Crippen LogP contribution in [0.25, 0.3) is 10.9 Å². The van der Waals surface area contributed by atoms with Gasteiger partial charge >= 0.3 is 0 Å². The van der Waals surface area contributed by atoms with Crippen LogP contribution < -0.4 is 5.32 Å². The van der Waals surface area contributed by atoms with Crippen molar-refractivity contribution in [2.75, 3.05) is 6.54 Å². The highest BCUT2D eigenvalue weighted by Gasteiger charge is 2.24. The van der Waals surface area contributed by atoms with Crippen molar-refractivity contribution >= 4 is 34.9 Å². The summed E-state index contributed by atoms with van der Waals surface area (Å²) in [6.07, 6.45) is 1.07. The Morgan fingerprint density at radius 2 is 1.76 bits per heavy atom. The van der Waals surface area contributed by atoms with Gasteiger partial charge in [-0.3, -0.25) is 0 Å². The molecule has 0 spiro atoms. The largest absolute Gasteiger partial charge is 0.357 e. The molecule has 2 heterocycles. The molecule has 2 N–H and O–H groups in total. The number of hydrogen-bond donors (Lipinski definition) is 2. The van der Waals surface area contributed by atoms with Gasteiger partial charge in [-0.15, -0.1) is 12.4 Å². The minimum absolute atomic E-state index is 0. The highest BCUT2D eigenvalue weighted by molar-refractivity contribution is 6.30. The first-order chi connectivity index (χ1) is 9.83. The van der Waals surface area contributed by atoms with Crippen LogP contribution in [0.3, 0.4) is 0 Å². The molecular weight excluding hydrogens is 303 g/mol. The third-order valence-electron chi connectivity index (χ3n) is 4.06. The molecule has 0 saturated carbocycles. The van der Waals surface area contributed by atoms with Crippen molar-refractivity contribution in [3.8, 4) is 0 Å². The Balaban J connectivity index is 0.00000132. The van der Waals surface area contributed by atoms with Gasteiger partial charge in [-0.2, -0.15) is 0 Å². The lowest BCUT2D eigenvalue weighted by atomic mass is 9.94. The lowest BCUT2D eigenvalue weighted by Crippen LogP contribution is -2.30. The summed E-state index contributed by atoms with van der Waals surface area (Å²) in [4.78, 5) is 3.58. The van der Waals surface area contributed by atoms with Crippen LogP contribution in [0.5, 0.6) is 0 Å². The van der Waals surface area contributed by atoms with Gasteiger partial charge in [-0.1, -0.05) is 41.9 Å². The van der Waals surface area contributed by atoms with Gasteiger partial charge in [0.15, 0.2) is 0 Å². The Bertz CT molecular complexity index is 762. The molecule has 108 valence electrons. The monoisotopic (exact) mass is 318 g/mol. The number of halogens is 2. The minimum atomic E-state index is 0. The van der Waals surface area contributed by atoms with E-state index in [1.807, 2.05) is 12.1 Å². The zero-order chi connectivity index (χ0) is 13.5. The highest BCUT2D eigenvalue weighted by Crippen LogP contribution is 2.33. The van der Waals surface area contributed by atoms with Crippen molar-refractivity contribution in [3.63, 3.8) is 0 Å². The quantitative estimate of drug-likeness (QED) is 0.680. The molecule has 0 aliphatic carbocycles. The topological polar surface area (TPSA) is 27.8 Å². The highest BCUT2D eigenvalue weighted by atomic mass is 35.5. The first kappa shape index (κ1) is 14.5. The van der Waals surface area contributed by atoms with E-state index in [1.54, 1.807) is 0 Å². The van der Waals surface area contributed by atoms with Gasteiger partial charge in [0.1, 0.15) is 0 Å². The number of H-pyrrole nitrogens is 1. The Morgan fingerprint density at radius 3 is 2.57 bits per heavy atom. The van der Waals surface area contributed by atoms with E-state index in [9.17, 15) is 0 Å². The summed E-state index contributed by atoms with van der Waals surface area (Å²) in [5, 5.41) is 5.73. The smallest absolute Gasteiger partial charge is 0.0732 e. The SMILES string of the molecule is Cl.Clc1ccc(C2NCCc3c2[nH]c2ccccc32)cc1. The summed E-state index contributed by atoms with van der Waals surface area (Å²) < 4.78 is 0. The summed E-state index contributed by atoms with van der Waals surface area (Å²) in [5.41, 5.74) is 5.21. The summed E-state index contributed by atoms with van der Waals surface area (Å²) in [6.45, 7) is 1.00. The third kappa shape index (κ3) is 2.44. The average molecular weight is 319 g/mol. The molecule has 1 atom stereocenters. The van der Waals surface area contributed by atoms with Crippen molar-refractivity contribution in [1.29, 1.82) is 0 Å². The summed E-state index contributed by atoms with van der Waals surface area (Å²) >= 11 is 5.99. The normalized spacial score (nSPS) is 17.3. The van der Waals surface area contributed by atoms with Gasteiger partial charge < -0.3 is 10.3 Å². The molecule has 2 aromatic carbocycles. The van der Waals surface area contributed by atoms with Crippen LogP contribution in [-0.2, 0) is 6.42 Å². The second-order valence-electron chi connectivity index (χ2n) is 5.25. The second kappa shape index (κ2) is 5.72. The molecule has 2 nitrogen and oxygen atoms in total. The number of aromatic nitrogens is 1. The Labute approximate surface area is 134 Å². The van der Waals surface area contributed by atoms with E-state index in [0.29, 0.717) is 0 Å². The first-order valence-electron chi connectivity index (χ1n) is 6.91. The van der Waals surface area contributed by atoms with Crippen molar-refractivity contribution in [1.82, 2.24) is 10.3 Å². The number of aromatic amines is 1. The molecule has 1 aliphatic rings. The standard InChI is InChI=1S/C17H15ClN2.ClH/c18-12-7-5-11(6-8-12)16-17-14(9-10-19-16)13-3-1-2-4-15(13)20-17;/h1-8,16,19-20H,9-10H2;1H. The summed E-state index contributed by atoms with van der Waals surface area (Å²) in [6, 6.07) is 16.9. The first-order valence-corrected chi connectivity index (χ1v) is 7.29. The van der Waals surface area contributed by atoms with Crippen LogP contribution in [0.15, 0.2) is 48.5 Å². The number of hydrogen-bond acceptors (Lipinski definition) is 1. The zero-order valence-electron chi connectivity index (χ0n) is 11.4. The van der Waals surface area contributed by atoms with Crippen LogP contribution in [0, 0.1) is 0 Å². The fourth-order valence-electron chi connectivity index (χ4n) is 3.12. The molecule has 0 saturated heterocycles. The fourth-order valence-corrected chi connectivity index (χ4v) is 3.25. The van der Waals surface area contributed by atoms with Gasteiger partial charge in [0, 0.05) is 28.2 Å². The minimum Gasteiger partial charge on any atom is -0.357 e. The lowest BCUT2D eigenvalue weighted by molar-refractivity contribution is 0.560. The van der Waals surface area contributed by atoms with Gasteiger partial charge in [-0.05, 0) is 35.7 Å². The van der Waals surface area contributed by atoms with Crippen LogP contribution in [0.4, 0.5) is 0 Å². The maximum absolute atomic E-state index is 5.99. The van der Waals surface area contributed by atoms with Gasteiger partial charge in [0.25, 0.3) is 0 Å². The maximum atomic E-state index is 5.99. The van der Waals surface area contributed by atoms with E-state index >= 15 is 0 Å². The predicted molar refractivity (Wildman–Crippen MR) is 90.5 cm³/mol. The van der Waals surface area contributed by atoms with Gasteiger partial charge in [-0.25, -0.2) is 0 Å². The molecule has 0 fully saturated rings. The molecule has 4 heteroatoms. The van der Waals surface area contributed by atoms with Gasteiger partial charge in [0.2, 0.25) is 0 Å². The average Bonchev–Trinajstić information content (AvgIpc) is 2.87. The van der Waals surface area contributed by atoms with Crippen molar-refractivity contribution < 1.29 is 0 Å². The van der Waals surface area contributed by atoms with Crippen molar-refractivity contribution in [2.24, 2.45) is 0 Å². The Hall–Kier alpha value is -1.48. The van der Waals surface area contributed by atoms with Crippen LogP contribution in [0.2, 0.25) is 5.02 Å². The summed E-state index contributed by atoms with van der Waals surface area (Å²) in [7, 11) is 0. The van der Waals surface area contributed by atoms with Crippen LogP contribution >= 0.6 is 24.0 Å². The van der Waals surface area contributed by atoms with Crippen molar-refractivity contribution in [2.45, 2.75) is 12.5 Å². The molecule has 0 bridgehead atoms. The van der Waals surface area contributed by atoms with E-state index in [0.717, 1.165) is 18.0 Å². The molecule has 3 aromatic rings. The number of para-hydroxylation sites is 1. The number of rotatable bonds is 1. The maximum Gasteiger partial charge on any atom is 0.0732 e. The number of benzene rings is 2. The van der Waals surface area contributed by atoms with Gasteiger partial charge in [0.05, 0.1) is 6.04 Å². The van der Waals surface area contributed by atoms with E-state index < -0.39 is 0 Å². The third-order valence-corrected chi connectivity index (χ3v) is 4.31. The molecule has 1 unspecified atom stereocenters. The molecule has 0 radical (unpaired) electrons. The molecular formula is C17H16Cl2N2. The summed E-state index contributed by atoms with van der Waals surface area (Å²) in [5.74, 6) is 0. The molecule has 21 heavy (non-hydrogen) atoms.